The number of nitrogens with one attached hydrogen (secondary N) is 1. The van der Waals surface area contributed by atoms with Crippen molar-refractivity contribution in [3.8, 4) is 5.40 Å². The van der Waals surface area contributed by atoms with E-state index >= 15 is 0 Å². The highest BCUT2D eigenvalue weighted by atomic mass is 32.2. The average molecular weight is 324 g/mol. The fourth-order valence-corrected chi connectivity index (χ4v) is 2.44. The molecule has 1 N–H and O–H groups in total. The molecule has 2 rings (SSSR count). The van der Waals surface area contributed by atoms with Gasteiger partial charge in [-0.3, -0.25) is 9.59 Å². The summed E-state index contributed by atoms with van der Waals surface area (Å²) >= 11 is 1.07. The van der Waals surface area contributed by atoms with Crippen LogP contribution < -0.4 is 5.32 Å². The first kappa shape index (κ1) is 16.8. The van der Waals surface area contributed by atoms with Gasteiger partial charge in [-0.2, -0.15) is 5.26 Å². The fourth-order valence-electron chi connectivity index (χ4n) is 2.06. The van der Waals surface area contributed by atoms with Crippen LogP contribution in [0.1, 0.15) is 29.6 Å². The molecule has 4 nitrogen and oxygen atoms in total. The summed E-state index contributed by atoms with van der Waals surface area (Å²) in [5, 5.41) is 13.4. The Hall–Kier alpha value is -2.58. The van der Waals surface area contributed by atoms with Crippen molar-refractivity contribution in [1.82, 2.24) is 0 Å². The van der Waals surface area contributed by atoms with E-state index in [0.29, 0.717) is 30.5 Å². The number of benzene rings is 2. The molecule has 0 unspecified atom stereocenters. The third-order valence-electron chi connectivity index (χ3n) is 3.21. The third kappa shape index (κ3) is 5.61. The van der Waals surface area contributed by atoms with Crippen LogP contribution in [-0.2, 0) is 4.79 Å². The highest BCUT2D eigenvalue weighted by Crippen LogP contribution is 2.19. The van der Waals surface area contributed by atoms with E-state index in [9.17, 15) is 9.59 Å². The Morgan fingerprint density at radius 1 is 1.00 bits per heavy atom. The van der Waals surface area contributed by atoms with Crippen molar-refractivity contribution in [1.29, 1.82) is 5.26 Å². The lowest BCUT2D eigenvalue weighted by atomic mass is 10.1. The Balaban J connectivity index is 1.75. The summed E-state index contributed by atoms with van der Waals surface area (Å²) in [5.41, 5.74) is 1.37. The quantitative estimate of drug-likeness (QED) is 0.469. The first-order valence-electron chi connectivity index (χ1n) is 7.23. The smallest absolute Gasteiger partial charge is 0.224 e. The second-order valence-corrected chi connectivity index (χ2v) is 5.77. The summed E-state index contributed by atoms with van der Waals surface area (Å²) in [6.45, 7) is 0. The van der Waals surface area contributed by atoms with Gasteiger partial charge in [-0.05, 0) is 42.4 Å². The third-order valence-corrected chi connectivity index (χ3v) is 3.80. The van der Waals surface area contributed by atoms with Crippen LogP contribution in [0.15, 0.2) is 59.5 Å². The van der Waals surface area contributed by atoms with Crippen LogP contribution in [0.4, 0.5) is 5.69 Å². The van der Waals surface area contributed by atoms with Gasteiger partial charge in [-0.15, -0.1) is 0 Å². The number of hydrogen-bond acceptors (Lipinski definition) is 4. The van der Waals surface area contributed by atoms with Crippen molar-refractivity contribution < 1.29 is 9.59 Å². The van der Waals surface area contributed by atoms with Crippen LogP contribution in [0, 0.1) is 10.7 Å². The minimum absolute atomic E-state index is 0.0521. The Kier molecular flexibility index (Phi) is 6.40. The number of carbonyl (C=O) groups is 2. The lowest BCUT2D eigenvalue weighted by molar-refractivity contribution is -0.116. The Morgan fingerprint density at radius 2 is 1.70 bits per heavy atom. The van der Waals surface area contributed by atoms with Gasteiger partial charge in [-0.25, -0.2) is 0 Å². The SMILES string of the molecule is N#CSc1ccc(NC(=O)CCCC(=O)c2ccccc2)cc1. The molecular weight excluding hydrogens is 308 g/mol. The van der Waals surface area contributed by atoms with Gasteiger partial charge < -0.3 is 5.32 Å². The van der Waals surface area contributed by atoms with Crippen LogP contribution in [0.2, 0.25) is 0 Å². The van der Waals surface area contributed by atoms with Crippen molar-refractivity contribution in [2.24, 2.45) is 0 Å². The largest absolute Gasteiger partial charge is 0.326 e. The van der Waals surface area contributed by atoms with Gasteiger partial charge in [0.25, 0.3) is 0 Å². The van der Waals surface area contributed by atoms with Gasteiger partial charge in [0.1, 0.15) is 5.40 Å². The van der Waals surface area contributed by atoms with E-state index in [1.807, 2.05) is 23.6 Å². The van der Waals surface area contributed by atoms with Gasteiger partial charge in [0.05, 0.1) is 0 Å². The summed E-state index contributed by atoms with van der Waals surface area (Å²) in [6.07, 6.45) is 1.17. The Labute approximate surface area is 139 Å². The van der Waals surface area contributed by atoms with E-state index in [0.717, 1.165) is 16.7 Å². The molecule has 116 valence electrons. The molecule has 1 amide bonds. The Morgan fingerprint density at radius 3 is 2.35 bits per heavy atom. The first-order valence-corrected chi connectivity index (χ1v) is 8.05. The number of ketones is 1. The molecule has 0 spiro atoms. The number of amides is 1. The van der Waals surface area contributed by atoms with Gasteiger partial charge in [0.15, 0.2) is 5.78 Å². The van der Waals surface area contributed by atoms with Gasteiger partial charge in [0, 0.05) is 29.0 Å². The predicted molar refractivity (Wildman–Crippen MR) is 91.2 cm³/mol. The van der Waals surface area contributed by atoms with Crippen LogP contribution in [0.25, 0.3) is 0 Å². The second-order valence-electron chi connectivity index (χ2n) is 4.91. The maximum atomic E-state index is 11.9. The molecular formula is C18H16N2O2S. The number of thiocyanates is 1. The molecule has 0 bridgehead atoms. The van der Waals surface area contributed by atoms with E-state index in [1.54, 1.807) is 36.4 Å². The normalized spacial score (nSPS) is 9.87. The van der Waals surface area contributed by atoms with Crippen LogP contribution in [-0.4, -0.2) is 11.7 Å². The minimum atomic E-state index is -0.119. The predicted octanol–water partition coefficient (Wildman–Crippen LogP) is 4.25. The van der Waals surface area contributed by atoms with Crippen LogP contribution in [0.5, 0.6) is 0 Å². The summed E-state index contributed by atoms with van der Waals surface area (Å²) in [7, 11) is 0. The van der Waals surface area contributed by atoms with Gasteiger partial charge >= 0.3 is 0 Å². The highest BCUT2D eigenvalue weighted by molar-refractivity contribution is 8.03. The van der Waals surface area contributed by atoms with Crippen molar-refractivity contribution in [3.63, 3.8) is 0 Å². The molecule has 0 radical (unpaired) electrons. The zero-order chi connectivity index (χ0) is 16.5. The molecule has 2 aromatic carbocycles. The van der Waals surface area contributed by atoms with Gasteiger partial charge in [-0.1, -0.05) is 30.3 Å². The highest BCUT2D eigenvalue weighted by Gasteiger charge is 2.07. The average Bonchev–Trinajstić information content (AvgIpc) is 2.57. The maximum absolute atomic E-state index is 11.9. The molecule has 0 aliphatic heterocycles. The fraction of sp³-hybridized carbons (Fsp3) is 0.167. The van der Waals surface area contributed by atoms with E-state index in [1.165, 1.54) is 0 Å². The van der Waals surface area contributed by atoms with Gasteiger partial charge in [0.2, 0.25) is 5.91 Å². The number of anilines is 1. The molecule has 23 heavy (non-hydrogen) atoms. The van der Waals surface area contributed by atoms with E-state index in [2.05, 4.69) is 5.32 Å². The van der Waals surface area contributed by atoms with Crippen LogP contribution >= 0.6 is 11.8 Å². The number of rotatable bonds is 7. The molecule has 0 aliphatic carbocycles. The Bertz CT molecular complexity index is 706. The van der Waals surface area contributed by atoms with Crippen molar-refractivity contribution in [3.05, 3.63) is 60.2 Å². The summed E-state index contributed by atoms with van der Waals surface area (Å²) in [5.74, 6) is -0.0668. The second kappa shape index (κ2) is 8.76. The summed E-state index contributed by atoms with van der Waals surface area (Å²) in [6, 6.07) is 16.2. The molecule has 0 atom stereocenters. The molecule has 0 aromatic heterocycles. The zero-order valence-corrected chi connectivity index (χ0v) is 13.3. The van der Waals surface area contributed by atoms with Crippen molar-refractivity contribution in [2.75, 3.05) is 5.32 Å². The van der Waals surface area contributed by atoms with Crippen LogP contribution in [0.3, 0.4) is 0 Å². The van der Waals surface area contributed by atoms with E-state index in [4.69, 9.17) is 5.26 Å². The number of hydrogen-bond donors (Lipinski definition) is 1. The number of Topliss-reactive ketones (excluding diaryl/α,β-unsaturated/α-hetero) is 1. The first-order chi connectivity index (χ1) is 11.2. The topological polar surface area (TPSA) is 70.0 Å². The molecule has 0 aliphatic rings. The van der Waals surface area contributed by atoms with E-state index in [-0.39, 0.29) is 11.7 Å². The standard InChI is InChI=1S/C18H16N2O2S/c19-13-23-16-11-9-15(10-12-16)20-18(22)8-4-7-17(21)14-5-2-1-3-6-14/h1-3,5-6,9-12H,4,7-8H2,(H,20,22). The number of nitriles is 1. The number of carbonyl (C=O) groups excluding carboxylic acids is 2. The summed E-state index contributed by atoms with van der Waals surface area (Å²) in [4.78, 5) is 24.6. The van der Waals surface area contributed by atoms with Crippen molar-refractivity contribution >= 4 is 29.1 Å². The molecule has 5 heteroatoms. The monoisotopic (exact) mass is 324 g/mol. The minimum Gasteiger partial charge on any atom is -0.326 e. The van der Waals surface area contributed by atoms with E-state index < -0.39 is 0 Å². The molecule has 0 fully saturated rings. The summed E-state index contributed by atoms with van der Waals surface area (Å²) < 4.78 is 0. The number of thioether (sulfide) groups is 1. The molecule has 0 saturated heterocycles. The lowest BCUT2D eigenvalue weighted by Gasteiger charge is -2.05. The molecule has 2 aromatic rings. The van der Waals surface area contributed by atoms with Crippen molar-refractivity contribution in [2.45, 2.75) is 24.2 Å². The maximum Gasteiger partial charge on any atom is 0.224 e. The molecule has 0 saturated carbocycles. The molecule has 0 heterocycles. The lowest BCUT2D eigenvalue weighted by Crippen LogP contribution is -2.11. The number of nitrogens with zero attached hydrogens (tertiary/aromatic N) is 1. The zero-order valence-electron chi connectivity index (χ0n) is 12.5.